The predicted molar refractivity (Wildman–Crippen MR) is 87.4 cm³/mol. The molecule has 2 aromatic carbocycles. The molecule has 0 atom stereocenters. The molecule has 0 aliphatic carbocycles. The van der Waals surface area contributed by atoms with Crippen LogP contribution in [0.5, 0.6) is 5.75 Å². The van der Waals surface area contributed by atoms with E-state index in [1.54, 1.807) is 6.07 Å². The summed E-state index contributed by atoms with van der Waals surface area (Å²) in [4.78, 5) is 6.69. The summed E-state index contributed by atoms with van der Waals surface area (Å²) in [6.07, 6.45) is 0. The molecule has 0 amide bonds. The van der Waals surface area contributed by atoms with E-state index >= 15 is 0 Å². The van der Waals surface area contributed by atoms with Gasteiger partial charge in [-0.3, -0.25) is 0 Å². The lowest BCUT2D eigenvalue weighted by Gasteiger charge is -2.28. The zero-order chi connectivity index (χ0) is 15.4. The van der Waals surface area contributed by atoms with Crippen molar-refractivity contribution < 1.29 is 9.84 Å². The second kappa shape index (κ2) is 6.49. The van der Waals surface area contributed by atoms with E-state index < -0.39 is 0 Å². The molecule has 5 heteroatoms. The monoisotopic (exact) mass is 297 g/mol. The van der Waals surface area contributed by atoms with Crippen LogP contribution in [0.25, 0.3) is 0 Å². The Kier molecular flexibility index (Phi) is 4.25. The Morgan fingerprint density at radius 1 is 1.18 bits per heavy atom. The summed E-state index contributed by atoms with van der Waals surface area (Å²) in [5, 5.41) is 9.32. The van der Waals surface area contributed by atoms with Crippen LogP contribution in [0.1, 0.15) is 5.56 Å². The minimum atomic E-state index is 0.0699. The Balaban J connectivity index is 1.84. The van der Waals surface area contributed by atoms with E-state index in [0.29, 0.717) is 31.1 Å². The number of fused-ring (bicyclic) bond motifs is 1. The fourth-order valence-corrected chi connectivity index (χ4v) is 2.44. The average Bonchev–Trinajstić information content (AvgIpc) is 2.55. The van der Waals surface area contributed by atoms with Crippen LogP contribution in [0.3, 0.4) is 0 Å². The smallest absolute Gasteiger partial charge is 0.147 e. The van der Waals surface area contributed by atoms with Crippen molar-refractivity contribution in [2.45, 2.75) is 6.54 Å². The van der Waals surface area contributed by atoms with Crippen molar-refractivity contribution in [2.24, 2.45) is 4.99 Å². The molecule has 1 aliphatic rings. The Hall–Kier alpha value is -2.53. The summed E-state index contributed by atoms with van der Waals surface area (Å²) in [5.41, 5.74) is 8.35. The largest absolute Gasteiger partial charge is 0.483 e. The van der Waals surface area contributed by atoms with Gasteiger partial charge >= 0.3 is 0 Å². The number of nitrogen functional groups attached to an aromatic ring is 1. The van der Waals surface area contributed by atoms with Crippen LogP contribution in [0.2, 0.25) is 0 Å². The fourth-order valence-electron chi connectivity index (χ4n) is 2.44. The summed E-state index contributed by atoms with van der Waals surface area (Å²) < 4.78 is 5.75. The van der Waals surface area contributed by atoms with Gasteiger partial charge in [0.25, 0.3) is 0 Å². The maximum Gasteiger partial charge on any atom is 0.147 e. The van der Waals surface area contributed by atoms with Crippen molar-refractivity contribution >= 4 is 17.2 Å². The zero-order valence-corrected chi connectivity index (χ0v) is 12.3. The number of nitrogens with zero attached hydrogens (tertiary/aromatic N) is 2. The van der Waals surface area contributed by atoms with E-state index in [0.717, 1.165) is 11.5 Å². The second-order valence-electron chi connectivity index (χ2n) is 5.17. The summed E-state index contributed by atoms with van der Waals surface area (Å²) in [6, 6.07) is 15.6. The van der Waals surface area contributed by atoms with Crippen molar-refractivity contribution in [1.82, 2.24) is 4.90 Å². The number of hydrogen-bond donors (Lipinski definition) is 2. The molecule has 2 aromatic rings. The molecule has 0 spiro atoms. The Morgan fingerprint density at radius 3 is 2.77 bits per heavy atom. The van der Waals surface area contributed by atoms with Crippen molar-refractivity contribution in [1.29, 1.82) is 0 Å². The highest BCUT2D eigenvalue weighted by Crippen LogP contribution is 2.32. The second-order valence-corrected chi connectivity index (χ2v) is 5.17. The predicted octanol–water partition coefficient (Wildman–Crippen LogP) is 2.19. The van der Waals surface area contributed by atoms with E-state index in [1.165, 1.54) is 5.56 Å². The van der Waals surface area contributed by atoms with Crippen LogP contribution in [-0.2, 0) is 6.54 Å². The molecule has 0 bridgehead atoms. The molecule has 0 aromatic heterocycles. The van der Waals surface area contributed by atoms with E-state index in [-0.39, 0.29) is 6.61 Å². The first kappa shape index (κ1) is 14.4. The number of ether oxygens (including phenoxy) is 1. The topological polar surface area (TPSA) is 71.1 Å². The highest BCUT2D eigenvalue weighted by Gasteiger charge is 2.18. The molecule has 0 fully saturated rings. The van der Waals surface area contributed by atoms with E-state index in [9.17, 15) is 5.11 Å². The number of nitrogens with two attached hydrogens (primary N) is 1. The van der Waals surface area contributed by atoms with Crippen LogP contribution in [0, 0.1) is 0 Å². The molecule has 1 heterocycles. The molecule has 0 saturated carbocycles. The normalized spacial score (nSPS) is 13.0. The molecule has 3 rings (SSSR count). The van der Waals surface area contributed by atoms with Crippen molar-refractivity contribution in [3.05, 3.63) is 54.1 Å². The highest BCUT2D eigenvalue weighted by atomic mass is 16.5. The van der Waals surface area contributed by atoms with Gasteiger partial charge < -0.3 is 20.5 Å². The van der Waals surface area contributed by atoms with Crippen LogP contribution in [-0.4, -0.2) is 35.6 Å². The molecule has 3 N–H and O–H groups in total. The van der Waals surface area contributed by atoms with Gasteiger partial charge in [0.05, 0.1) is 6.61 Å². The third-order valence-electron chi connectivity index (χ3n) is 3.54. The number of aliphatic hydroxyl groups excluding tert-OH is 1. The van der Waals surface area contributed by atoms with Gasteiger partial charge in [0, 0.05) is 24.8 Å². The van der Waals surface area contributed by atoms with Crippen LogP contribution < -0.4 is 10.5 Å². The van der Waals surface area contributed by atoms with Crippen molar-refractivity contribution in [2.75, 3.05) is 25.5 Å². The van der Waals surface area contributed by atoms with Crippen LogP contribution in [0.4, 0.5) is 11.4 Å². The lowest BCUT2D eigenvalue weighted by atomic mass is 10.2. The Bertz CT molecular complexity index is 671. The van der Waals surface area contributed by atoms with Gasteiger partial charge in [-0.25, -0.2) is 4.99 Å². The first-order valence-electron chi connectivity index (χ1n) is 7.26. The van der Waals surface area contributed by atoms with Gasteiger partial charge in [0.1, 0.15) is 23.9 Å². The molecule has 0 radical (unpaired) electrons. The number of benzene rings is 2. The summed E-state index contributed by atoms with van der Waals surface area (Å²) >= 11 is 0. The molecule has 0 unspecified atom stereocenters. The van der Waals surface area contributed by atoms with Gasteiger partial charge in [-0.2, -0.15) is 0 Å². The molecule has 0 saturated heterocycles. The zero-order valence-electron chi connectivity index (χ0n) is 12.3. The van der Waals surface area contributed by atoms with Gasteiger partial charge in [0.15, 0.2) is 0 Å². The molecule has 5 nitrogen and oxygen atoms in total. The maximum atomic E-state index is 9.32. The van der Waals surface area contributed by atoms with Gasteiger partial charge in [-0.15, -0.1) is 0 Å². The van der Waals surface area contributed by atoms with Gasteiger partial charge in [-0.05, 0) is 17.7 Å². The first-order chi connectivity index (χ1) is 10.8. The summed E-state index contributed by atoms with van der Waals surface area (Å²) in [7, 11) is 0. The third kappa shape index (κ3) is 3.20. The molecule has 22 heavy (non-hydrogen) atoms. The quantitative estimate of drug-likeness (QED) is 0.849. The van der Waals surface area contributed by atoms with Gasteiger partial charge in [-0.1, -0.05) is 30.3 Å². The van der Waals surface area contributed by atoms with Crippen molar-refractivity contribution in [3.8, 4) is 5.75 Å². The third-order valence-corrected chi connectivity index (χ3v) is 3.54. The number of hydrogen-bond acceptors (Lipinski definition) is 5. The van der Waals surface area contributed by atoms with Gasteiger partial charge in [0.2, 0.25) is 0 Å². The minimum Gasteiger partial charge on any atom is -0.483 e. The SMILES string of the molecule is Nc1ccc2c(c1)OCC(N(CCO)Cc1ccccc1)=N2. The van der Waals surface area contributed by atoms with E-state index in [2.05, 4.69) is 17.1 Å². The number of anilines is 1. The Labute approximate surface area is 129 Å². The lowest BCUT2D eigenvalue weighted by Crippen LogP contribution is -2.37. The van der Waals surface area contributed by atoms with Crippen molar-refractivity contribution in [3.63, 3.8) is 0 Å². The highest BCUT2D eigenvalue weighted by molar-refractivity contribution is 5.89. The lowest BCUT2D eigenvalue weighted by molar-refractivity contribution is 0.237. The van der Waals surface area contributed by atoms with E-state index in [4.69, 9.17) is 10.5 Å². The molecular formula is C17H19N3O2. The van der Waals surface area contributed by atoms with E-state index in [1.807, 2.05) is 35.2 Å². The maximum absolute atomic E-state index is 9.32. The van der Waals surface area contributed by atoms with Crippen LogP contribution in [0.15, 0.2) is 53.5 Å². The molecule has 114 valence electrons. The molecule has 1 aliphatic heterocycles. The summed E-state index contributed by atoms with van der Waals surface area (Å²) in [6.45, 7) is 1.65. The number of aliphatic imine (C=N–C) groups is 1. The van der Waals surface area contributed by atoms with Crippen LogP contribution >= 0.6 is 0 Å². The Morgan fingerprint density at radius 2 is 2.00 bits per heavy atom. The number of amidine groups is 1. The number of rotatable bonds is 4. The first-order valence-corrected chi connectivity index (χ1v) is 7.26. The minimum absolute atomic E-state index is 0.0699. The fraction of sp³-hybridized carbons (Fsp3) is 0.235. The molecular weight excluding hydrogens is 278 g/mol. The standard InChI is InChI=1S/C17H19N3O2/c18-14-6-7-15-16(10-14)22-12-17(19-15)20(8-9-21)11-13-4-2-1-3-5-13/h1-7,10,21H,8-9,11-12,18H2. The summed E-state index contributed by atoms with van der Waals surface area (Å²) in [5.74, 6) is 1.52. The number of aliphatic hydroxyl groups is 1. The average molecular weight is 297 g/mol.